The monoisotopic (exact) mass is 773 g/mol. The average Bonchev–Trinajstić information content (AvgIpc) is 3.10. The van der Waals surface area contributed by atoms with E-state index in [0.29, 0.717) is 39.9 Å². The summed E-state index contributed by atoms with van der Waals surface area (Å²) in [6.07, 6.45) is -0.614. The highest BCUT2D eigenvalue weighted by molar-refractivity contribution is 6.42. The molecule has 5 rings (SSSR count). The van der Waals surface area contributed by atoms with E-state index in [1.54, 1.807) is 29.2 Å². The first-order valence-electron chi connectivity index (χ1n) is 16.9. The third kappa shape index (κ3) is 12.0. The molecule has 1 saturated heterocycles. The van der Waals surface area contributed by atoms with E-state index in [0.717, 1.165) is 34.4 Å². The lowest BCUT2D eigenvalue weighted by Crippen LogP contribution is -2.55. The van der Waals surface area contributed by atoms with E-state index in [-0.39, 0.29) is 32.2 Å². The minimum atomic E-state index is -0.676. The van der Waals surface area contributed by atoms with Crippen LogP contribution < -0.4 is 4.74 Å². The zero-order valence-electron chi connectivity index (χ0n) is 29.0. The summed E-state index contributed by atoms with van der Waals surface area (Å²) < 4.78 is 30.8. The normalized spacial score (nSPS) is 17.7. The van der Waals surface area contributed by atoms with Crippen molar-refractivity contribution in [1.82, 2.24) is 4.90 Å². The lowest BCUT2D eigenvalue weighted by atomic mass is 9.84. The number of hydrogen-bond donors (Lipinski definition) is 0. The topological polar surface area (TPSA) is 66.5 Å². The van der Waals surface area contributed by atoms with Gasteiger partial charge in [-0.2, -0.15) is 0 Å². The van der Waals surface area contributed by atoms with Crippen LogP contribution in [0.15, 0.2) is 91.0 Å². The molecule has 51 heavy (non-hydrogen) atoms. The Morgan fingerprint density at radius 3 is 1.78 bits per heavy atom. The summed E-state index contributed by atoms with van der Waals surface area (Å²) in [6, 6.07) is 28.8. The predicted octanol–water partition coefficient (Wildman–Crippen LogP) is 10.8. The zero-order valence-corrected chi connectivity index (χ0v) is 32.0. The summed E-state index contributed by atoms with van der Waals surface area (Å²) in [6.45, 7) is 8.28. The van der Waals surface area contributed by atoms with Gasteiger partial charge < -0.3 is 28.6 Å². The molecule has 1 aliphatic heterocycles. The lowest BCUT2D eigenvalue weighted by molar-refractivity contribution is -0.100. The molecule has 2 atom stereocenters. The number of ether oxygens (including phenoxy) is 5. The maximum absolute atomic E-state index is 13.4. The van der Waals surface area contributed by atoms with E-state index in [4.69, 9.17) is 70.1 Å². The summed E-state index contributed by atoms with van der Waals surface area (Å²) in [5.41, 5.74) is 3.15. The summed E-state index contributed by atoms with van der Waals surface area (Å²) in [5.74, 6) is 0.490. The van der Waals surface area contributed by atoms with Crippen molar-refractivity contribution in [2.24, 2.45) is 0 Å². The first-order valence-corrected chi connectivity index (χ1v) is 18.4. The Kier molecular flexibility index (Phi) is 14.3. The number of likely N-dealkylation sites (tertiary alicyclic amines) is 1. The molecule has 0 spiro atoms. The van der Waals surface area contributed by atoms with Gasteiger partial charge in [0.15, 0.2) is 0 Å². The van der Waals surface area contributed by atoms with Crippen molar-refractivity contribution in [2.75, 3.05) is 26.3 Å². The van der Waals surface area contributed by atoms with E-state index < -0.39 is 23.9 Å². The van der Waals surface area contributed by atoms with Gasteiger partial charge in [-0.05, 0) is 79.4 Å². The highest BCUT2D eigenvalue weighted by Crippen LogP contribution is 2.36. The number of halogens is 4. The van der Waals surface area contributed by atoms with Crippen molar-refractivity contribution in [1.29, 1.82) is 0 Å². The quantitative estimate of drug-likeness (QED) is 0.119. The number of carbonyl (C=O) groups excluding carboxylic acids is 1. The molecule has 1 amide bonds. The summed E-state index contributed by atoms with van der Waals surface area (Å²) in [4.78, 5) is 15.1. The summed E-state index contributed by atoms with van der Waals surface area (Å²) in [5, 5.41) is 1.80. The Morgan fingerprint density at radius 2 is 1.25 bits per heavy atom. The van der Waals surface area contributed by atoms with Gasteiger partial charge in [-0.25, -0.2) is 4.79 Å². The van der Waals surface area contributed by atoms with Crippen LogP contribution in [0.3, 0.4) is 0 Å². The second kappa shape index (κ2) is 18.7. The zero-order chi connectivity index (χ0) is 36.4. The van der Waals surface area contributed by atoms with Crippen LogP contribution in [0.2, 0.25) is 20.1 Å². The number of rotatable bonds is 14. The van der Waals surface area contributed by atoms with Crippen molar-refractivity contribution in [2.45, 2.75) is 70.7 Å². The Balaban J connectivity index is 1.33. The fourth-order valence-corrected chi connectivity index (χ4v) is 6.40. The molecule has 0 N–H and O–H groups in total. The third-order valence-corrected chi connectivity index (χ3v) is 9.71. The molecule has 1 aliphatic rings. The molecule has 1 heterocycles. The number of hydrogen-bond acceptors (Lipinski definition) is 6. The van der Waals surface area contributed by atoms with Gasteiger partial charge in [-0.3, -0.25) is 0 Å². The smallest absolute Gasteiger partial charge is 0.410 e. The number of benzene rings is 4. The van der Waals surface area contributed by atoms with Gasteiger partial charge in [-0.1, -0.05) is 101 Å². The highest BCUT2D eigenvalue weighted by atomic mass is 35.5. The first kappa shape index (κ1) is 39.2. The molecule has 272 valence electrons. The van der Waals surface area contributed by atoms with Gasteiger partial charge in [0.25, 0.3) is 0 Å². The van der Waals surface area contributed by atoms with Gasteiger partial charge in [0.2, 0.25) is 0 Å². The van der Waals surface area contributed by atoms with Gasteiger partial charge in [-0.15, -0.1) is 0 Å². The number of carbonyl (C=O) groups is 1. The van der Waals surface area contributed by atoms with Crippen LogP contribution in [-0.4, -0.2) is 55.1 Å². The van der Waals surface area contributed by atoms with Gasteiger partial charge >= 0.3 is 6.09 Å². The van der Waals surface area contributed by atoms with E-state index in [2.05, 4.69) is 0 Å². The molecule has 0 aromatic heterocycles. The second-order valence-corrected chi connectivity index (χ2v) is 15.0. The molecule has 4 aromatic rings. The van der Waals surface area contributed by atoms with Crippen LogP contribution in [-0.2, 0) is 38.8 Å². The van der Waals surface area contributed by atoms with Crippen LogP contribution in [0.1, 0.15) is 55.4 Å². The molecule has 1 fully saturated rings. The van der Waals surface area contributed by atoms with Gasteiger partial charge in [0.05, 0.1) is 78.4 Å². The largest absolute Gasteiger partial charge is 0.494 e. The second-order valence-electron chi connectivity index (χ2n) is 13.4. The Hall–Kier alpha value is -3.01. The third-order valence-electron chi connectivity index (χ3n) is 8.23. The molecule has 0 bridgehead atoms. The van der Waals surface area contributed by atoms with Crippen molar-refractivity contribution in [3.8, 4) is 5.75 Å². The van der Waals surface area contributed by atoms with Crippen LogP contribution >= 0.6 is 46.4 Å². The Morgan fingerprint density at radius 1 is 0.686 bits per heavy atom. The standard InChI is InChI=1S/C40H43Cl4NO6/c1-40(2,3)51-39(46)45-22-36(49-25-28-10-16-32(41)34(43)20-28)38(37(23-45)50-26-29-11-17-33(42)35(44)21-29)30-12-14-31(15-13-30)48-19-7-18-47-24-27-8-5-4-6-9-27/h4-6,8-17,20-21,36-38H,7,18-19,22-26H2,1-3H3. The fraction of sp³-hybridized carbons (Fsp3) is 0.375. The molecule has 4 aromatic carbocycles. The van der Waals surface area contributed by atoms with E-state index in [1.807, 2.05) is 87.5 Å². The summed E-state index contributed by atoms with van der Waals surface area (Å²) in [7, 11) is 0. The maximum Gasteiger partial charge on any atom is 0.410 e. The minimum absolute atomic E-state index is 0.243. The summed E-state index contributed by atoms with van der Waals surface area (Å²) >= 11 is 25.0. The van der Waals surface area contributed by atoms with Crippen LogP contribution in [0.4, 0.5) is 4.79 Å². The number of nitrogens with zero attached hydrogens (tertiary/aromatic N) is 1. The first-order chi connectivity index (χ1) is 24.4. The van der Waals surface area contributed by atoms with E-state index in [1.165, 1.54) is 0 Å². The predicted molar refractivity (Wildman–Crippen MR) is 203 cm³/mol. The van der Waals surface area contributed by atoms with E-state index >= 15 is 0 Å². The average molecular weight is 776 g/mol. The molecule has 2 unspecified atom stereocenters. The van der Waals surface area contributed by atoms with E-state index in [9.17, 15) is 4.79 Å². The fourth-order valence-electron chi connectivity index (χ4n) is 5.76. The van der Waals surface area contributed by atoms with Crippen molar-refractivity contribution in [3.05, 3.63) is 133 Å². The number of piperidine rings is 1. The van der Waals surface area contributed by atoms with Crippen molar-refractivity contribution < 1.29 is 28.5 Å². The van der Waals surface area contributed by atoms with Gasteiger partial charge in [0.1, 0.15) is 11.4 Å². The molecule has 0 saturated carbocycles. The lowest BCUT2D eigenvalue weighted by Gasteiger charge is -2.43. The minimum Gasteiger partial charge on any atom is -0.494 e. The molecule has 7 nitrogen and oxygen atoms in total. The van der Waals surface area contributed by atoms with Gasteiger partial charge in [0, 0.05) is 12.3 Å². The molecule has 0 aliphatic carbocycles. The Bertz CT molecular complexity index is 1650. The molecular formula is C40H43Cl4NO6. The molecular weight excluding hydrogens is 732 g/mol. The number of amides is 1. The van der Waals surface area contributed by atoms with Crippen molar-refractivity contribution >= 4 is 52.5 Å². The molecule has 0 radical (unpaired) electrons. The molecule has 11 heteroatoms. The maximum atomic E-state index is 13.4. The highest BCUT2D eigenvalue weighted by Gasteiger charge is 2.42. The Labute approximate surface area is 320 Å². The van der Waals surface area contributed by atoms with Crippen LogP contribution in [0.5, 0.6) is 5.75 Å². The van der Waals surface area contributed by atoms with Crippen LogP contribution in [0, 0.1) is 0 Å². The SMILES string of the molecule is CC(C)(C)OC(=O)N1CC(OCc2ccc(Cl)c(Cl)c2)C(c2ccc(OCCCOCc3ccccc3)cc2)C(OCc2ccc(Cl)c(Cl)c2)C1. The van der Waals surface area contributed by atoms with Crippen LogP contribution in [0.25, 0.3) is 0 Å². The van der Waals surface area contributed by atoms with Crippen molar-refractivity contribution in [3.63, 3.8) is 0 Å².